The minimum Gasteiger partial charge on any atom is -0.344 e. The molecule has 2 N–H and O–H groups in total. The molecule has 18 heavy (non-hydrogen) atoms. The second-order valence-corrected chi connectivity index (χ2v) is 5.18. The van der Waals surface area contributed by atoms with E-state index in [9.17, 15) is 4.79 Å². The summed E-state index contributed by atoms with van der Waals surface area (Å²) in [5.74, 6) is -0.00239. The summed E-state index contributed by atoms with van der Waals surface area (Å²) < 4.78 is 0. The quantitative estimate of drug-likeness (QED) is 0.885. The van der Waals surface area contributed by atoms with E-state index in [1.807, 2.05) is 7.05 Å². The standard InChI is InChI=1S/C15H24N2O/c1-10-8-11(2)14(12(3)9-10)6-7-17(5)15(18)13(4)16/h8-9,13H,6-7,16H2,1-5H3. The van der Waals surface area contributed by atoms with Crippen LogP contribution in [-0.2, 0) is 11.2 Å². The molecule has 0 aliphatic heterocycles. The van der Waals surface area contributed by atoms with E-state index in [0.717, 1.165) is 6.42 Å². The summed E-state index contributed by atoms with van der Waals surface area (Å²) in [5, 5.41) is 0. The van der Waals surface area contributed by atoms with E-state index in [-0.39, 0.29) is 5.91 Å². The number of aryl methyl sites for hydroxylation is 3. The lowest BCUT2D eigenvalue weighted by Crippen LogP contribution is -2.40. The van der Waals surface area contributed by atoms with Gasteiger partial charge in [-0.15, -0.1) is 0 Å². The van der Waals surface area contributed by atoms with Crippen molar-refractivity contribution in [2.24, 2.45) is 5.73 Å². The minimum atomic E-state index is -0.421. The van der Waals surface area contributed by atoms with E-state index in [1.165, 1.54) is 22.3 Å². The maximum Gasteiger partial charge on any atom is 0.238 e. The highest BCUT2D eigenvalue weighted by atomic mass is 16.2. The number of nitrogens with two attached hydrogens (primary N) is 1. The maximum atomic E-state index is 11.7. The number of hydrogen-bond donors (Lipinski definition) is 1. The summed E-state index contributed by atoms with van der Waals surface area (Å²) in [4.78, 5) is 13.4. The Hall–Kier alpha value is -1.35. The van der Waals surface area contributed by atoms with E-state index in [0.29, 0.717) is 6.54 Å². The monoisotopic (exact) mass is 248 g/mol. The summed E-state index contributed by atoms with van der Waals surface area (Å²) in [5.41, 5.74) is 10.8. The molecule has 1 aromatic rings. The molecule has 0 aliphatic rings. The van der Waals surface area contributed by atoms with Gasteiger partial charge in [-0.25, -0.2) is 0 Å². The molecule has 0 heterocycles. The Morgan fingerprint density at radius 3 is 2.22 bits per heavy atom. The molecular weight excluding hydrogens is 224 g/mol. The van der Waals surface area contributed by atoms with E-state index in [4.69, 9.17) is 5.73 Å². The molecule has 1 atom stereocenters. The molecule has 0 saturated carbocycles. The second kappa shape index (κ2) is 6.01. The predicted octanol–water partition coefficient (Wildman–Crippen LogP) is 1.96. The number of carbonyl (C=O) groups is 1. The van der Waals surface area contributed by atoms with Crippen LogP contribution in [0.2, 0.25) is 0 Å². The van der Waals surface area contributed by atoms with Crippen LogP contribution in [0.1, 0.15) is 29.2 Å². The lowest BCUT2D eigenvalue weighted by atomic mass is 9.97. The fraction of sp³-hybridized carbons (Fsp3) is 0.533. The third-order valence-corrected chi connectivity index (χ3v) is 3.30. The molecule has 0 bridgehead atoms. The molecule has 1 aromatic carbocycles. The lowest BCUT2D eigenvalue weighted by molar-refractivity contribution is -0.130. The van der Waals surface area contributed by atoms with Gasteiger partial charge in [0.15, 0.2) is 0 Å². The van der Waals surface area contributed by atoms with Crippen molar-refractivity contribution in [3.63, 3.8) is 0 Å². The molecular formula is C15H24N2O. The van der Waals surface area contributed by atoms with Crippen LogP contribution in [0, 0.1) is 20.8 Å². The van der Waals surface area contributed by atoms with E-state index in [2.05, 4.69) is 32.9 Å². The second-order valence-electron chi connectivity index (χ2n) is 5.18. The first-order valence-electron chi connectivity index (χ1n) is 6.40. The molecule has 1 amide bonds. The van der Waals surface area contributed by atoms with Gasteiger partial charge in [0.25, 0.3) is 0 Å². The van der Waals surface area contributed by atoms with Gasteiger partial charge in [0.05, 0.1) is 6.04 Å². The van der Waals surface area contributed by atoms with Crippen LogP contribution in [-0.4, -0.2) is 30.4 Å². The van der Waals surface area contributed by atoms with Crippen molar-refractivity contribution in [3.8, 4) is 0 Å². The molecule has 100 valence electrons. The van der Waals surface area contributed by atoms with Gasteiger partial charge in [-0.3, -0.25) is 4.79 Å². The average Bonchev–Trinajstić information content (AvgIpc) is 2.25. The fourth-order valence-electron chi connectivity index (χ4n) is 2.34. The third kappa shape index (κ3) is 3.57. The summed E-state index contributed by atoms with van der Waals surface area (Å²) >= 11 is 0. The number of rotatable bonds is 4. The van der Waals surface area contributed by atoms with Crippen LogP contribution >= 0.6 is 0 Å². The van der Waals surface area contributed by atoms with Gasteiger partial charge in [0.2, 0.25) is 5.91 Å². The normalized spacial score (nSPS) is 12.3. The average molecular weight is 248 g/mol. The Labute approximate surface area is 110 Å². The highest BCUT2D eigenvalue weighted by Gasteiger charge is 2.13. The molecule has 0 aromatic heterocycles. The molecule has 1 unspecified atom stereocenters. The van der Waals surface area contributed by atoms with Crippen molar-refractivity contribution in [2.45, 2.75) is 40.2 Å². The summed E-state index contributed by atoms with van der Waals surface area (Å²) in [6.45, 7) is 8.80. The van der Waals surface area contributed by atoms with Crippen molar-refractivity contribution in [1.29, 1.82) is 0 Å². The molecule has 3 nitrogen and oxygen atoms in total. The van der Waals surface area contributed by atoms with Gasteiger partial charge in [0, 0.05) is 13.6 Å². The van der Waals surface area contributed by atoms with E-state index >= 15 is 0 Å². The van der Waals surface area contributed by atoms with E-state index < -0.39 is 6.04 Å². The fourth-order valence-corrected chi connectivity index (χ4v) is 2.34. The molecule has 0 aliphatic carbocycles. The summed E-state index contributed by atoms with van der Waals surface area (Å²) in [7, 11) is 1.81. The Morgan fingerprint density at radius 2 is 1.78 bits per heavy atom. The van der Waals surface area contributed by atoms with Crippen molar-refractivity contribution in [2.75, 3.05) is 13.6 Å². The molecule has 1 rings (SSSR count). The Bertz CT molecular complexity index is 415. The molecule has 3 heteroatoms. The SMILES string of the molecule is Cc1cc(C)c(CCN(C)C(=O)C(C)N)c(C)c1. The van der Waals surface area contributed by atoms with Crippen molar-refractivity contribution >= 4 is 5.91 Å². The zero-order chi connectivity index (χ0) is 13.9. The van der Waals surface area contributed by atoms with Crippen LogP contribution in [0.5, 0.6) is 0 Å². The first-order valence-corrected chi connectivity index (χ1v) is 6.40. The van der Waals surface area contributed by atoms with Gasteiger partial charge in [-0.2, -0.15) is 0 Å². The van der Waals surface area contributed by atoms with Crippen LogP contribution in [0.3, 0.4) is 0 Å². The number of likely N-dealkylation sites (N-methyl/N-ethyl adjacent to an activating group) is 1. The zero-order valence-electron chi connectivity index (χ0n) is 12.1. The first-order chi connectivity index (χ1) is 8.32. The number of amides is 1. The number of benzene rings is 1. The summed E-state index contributed by atoms with van der Waals surface area (Å²) in [6, 6.07) is 3.96. The zero-order valence-corrected chi connectivity index (χ0v) is 12.1. The van der Waals surface area contributed by atoms with Crippen LogP contribution in [0.15, 0.2) is 12.1 Å². The maximum absolute atomic E-state index is 11.7. The summed E-state index contributed by atoms with van der Waals surface area (Å²) in [6.07, 6.45) is 0.882. The van der Waals surface area contributed by atoms with Gasteiger partial charge >= 0.3 is 0 Å². The predicted molar refractivity (Wildman–Crippen MR) is 75.6 cm³/mol. The Balaban J connectivity index is 2.73. The van der Waals surface area contributed by atoms with Crippen molar-refractivity contribution in [1.82, 2.24) is 4.90 Å². The minimum absolute atomic E-state index is 0.00239. The molecule has 0 radical (unpaired) electrons. The van der Waals surface area contributed by atoms with Gasteiger partial charge in [0.1, 0.15) is 0 Å². The van der Waals surface area contributed by atoms with Crippen LogP contribution in [0.4, 0.5) is 0 Å². The van der Waals surface area contributed by atoms with Gasteiger partial charge in [-0.1, -0.05) is 17.7 Å². The van der Waals surface area contributed by atoms with Crippen LogP contribution < -0.4 is 5.73 Å². The largest absolute Gasteiger partial charge is 0.344 e. The number of hydrogen-bond acceptors (Lipinski definition) is 2. The van der Waals surface area contributed by atoms with E-state index in [1.54, 1.807) is 11.8 Å². The van der Waals surface area contributed by atoms with Gasteiger partial charge in [-0.05, 0) is 50.8 Å². The van der Waals surface area contributed by atoms with Crippen molar-refractivity contribution in [3.05, 3.63) is 34.4 Å². The third-order valence-electron chi connectivity index (χ3n) is 3.30. The number of carbonyl (C=O) groups excluding carboxylic acids is 1. The topological polar surface area (TPSA) is 46.3 Å². The van der Waals surface area contributed by atoms with Gasteiger partial charge < -0.3 is 10.6 Å². The Kier molecular flexibility index (Phi) is 4.91. The van der Waals surface area contributed by atoms with Crippen LogP contribution in [0.25, 0.3) is 0 Å². The Morgan fingerprint density at radius 1 is 1.28 bits per heavy atom. The number of nitrogens with zero attached hydrogens (tertiary/aromatic N) is 1. The lowest BCUT2D eigenvalue weighted by Gasteiger charge is -2.20. The highest BCUT2D eigenvalue weighted by molar-refractivity contribution is 5.80. The molecule has 0 saturated heterocycles. The molecule has 0 fully saturated rings. The molecule has 0 spiro atoms. The van der Waals surface area contributed by atoms with Crippen molar-refractivity contribution < 1.29 is 4.79 Å². The highest BCUT2D eigenvalue weighted by Crippen LogP contribution is 2.17. The first kappa shape index (κ1) is 14.7. The smallest absolute Gasteiger partial charge is 0.238 e.